The van der Waals surface area contributed by atoms with E-state index in [9.17, 15) is 19.8 Å². The lowest BCUT2D eigenvalue weighted by molar-refractivity contribution is -0.143. The van der Waals surface area contributed by atoms with Gasteiger partial charge in [0.15, 0.2) is 0 Å². The number of aliphatic hydroxyl groups excluding tert-OH is 2. The van der Waals surface area contributed by atoms with Crippen molar-refractivity contribution in [2.24, 2.45) is 0 Å². The van der Waals surface area contributed by atoms with Crippen molar-refractivity contribution in [3.8, 4) is 0 Å². The van der Waals surface area contributed by atoms with Gasteiger partial charge in [-0.15, -0.1) is 0 Å². The molecule has 2 unspecified atom stereocenters. The van der Waals surface area contributed by atoms with E-state index in [0.29, 0.717) is 19.4 Å². The van der Waals surface area contributed by atoms with E-state index in [1.165, 1.54) is 308 Å². The number of amides is 1. The molecule has 6 nitrogen and oxygen atoms in total. The van der Waals surface area contributed by atoms with Crippen molar-refractivity contribution in [1.29, 1.82) is 0 Å². The molecule has 0 aliphatic rings. The normalized spacial score (nSPS) is 12.7. The number of hydrogen-bond acceptors (Lipinski definition) is 5. The summed E-state index contributed by atoms with van der Waals surface area (Å²) in [5.74, 6) is -0.0581. The van der Waals surface area contributed by atoms with Gasteiger partial charge in [-0.25, -0.2) is 0 Å². The summed E-state index contributed by atoms with van der Waals surface area (Å²) in [4.78, 5) is 24.6. The van der Waals surface area contributed by atoms with Crippen LogP contribution < -0.4 is 5.32 Å². The third kappa shape index (κ3) is 63.1. The van der Waals surface area contributed by atoms with E-state index < -0.39 is 12.1 Å². The average Bonchev–Trinajstić information content (AvgIpc) is 3.43. The van der Waals surface area contributed by atoms with Crippen molar-refractivity contribution >= 4 is 11.9 Å². The predicted octanol–water partition coefficient (Wildman–Crippen LogP) is 22.3. The quantitative estimate of drug-likeness (QED) is 0.0320. The van der Waals surface area contributed by atoms with Gasteiger partial charge in [0.2, 0.25) is 5.91 Å². The van der Waals surface area contributed by atoms with Gasteiger partial charge in [0.05, 0.1) is 25.4 Å². The maximum absolute atomic E-state index is 12.5. The van der Waals surface area contributed by atoms with Crippen LogP contribution in [0.1, 0.15) is 380 Å². The molecule has 0 saturated carbocycles. The molecule has 0 aromatic carbocycles. The number of esters is 1. The molecule has 0 rings (SSSR count). The van der Waals surface area contributed by atoms with Crippen LogP contribution in [-0.2, 0) is 14.3 Å². The van der Waals surface area contributed by atoms with Crippen molar-refractivity contribution in [3.05, 3.63) is 36.5 Å². The van der Waals surface area contributed by atoms with E-state index in [2.05, 4.69) is 43.5 Å². The highest BCUT2D eigenvalue weighted by molar-refractivity contribution is 5.76. The summed E-state index contributed by atoms with van der Waals surface area (Å²) in [5.41, 5.74) is 0. The van der Waals surface area contributed by atoms with Crippen molar-refractivity contribution in [3.63, 3.8) is 0 Å². The summed E-state index contributed by atoms with van der Waals surface area (Å²) < 4.78 is 5.50. The summed E-state index contributed by atoms with van der Waals surface area (Å²) in [5, 5.41) is 23.2. The Labute approximate surface area is 481 Å². The zero-order valence-corrected chi connectivity index (χ0v) is 52.0. The molecular weight excluding hydrogens is 947 g/mol. The molecule has 2 atom stereocenters. The fourth-order valence-corrected chi connectivity index (χ4v) is 10.8. The molecule has 77 heavy (non-hydrogen) atoms. The van der Waals surface area contributed by atoms with Gasteiger partial charge in [0.25, 0.3) is 0 Å². The fourth-order valence-electron chi connectivity index (χ4n) is 10.8. The van der Waals surface area contributed by atoms with Crippen molar-refractivity contribution in [1.82, 2.24) is 5.32 Å². The Kier molecular flexibility index (Phi) is 64.9. The summed E-state index contributed by atoms with van der Waals surface area (Å²) in [6, 6.07) is -0.631. The minimum absolute atomic E-state index is 0.0105. The number of rotatable bonds is 65. The largest absolute Gasteiger partial charge is 0.466 e. The topological polar surface area (TPSA) is 95.9 Å². The Morgan fingerprint density at radius 3 is 0.922 bits per heavy atom. The molecule has 0 saturated heterocycles. The lowest BCUT2D eigenvalue weighted by atomic mass is 10.0. The van der Waals surface area contributed by atoms with Gasteiger partial charge in [0.1, 0.15) is 0 Å². The lowest BCUT2D eigenvalue weighted by Crippen LogP contribution is -2.45. The Morgan fingerprint density at radius 1 is 0.351 bits per heavy atom. The molecule has 1 amide bonds. The molecule has 0 aliphatic heterocycles. The molecule has 454 valence electrons. The van der Waals surface area contributed by atoms with E-state index in [1.54, 1.807) is 6.08 Å². The Bertz CT molecular complexity index is 1250. The predicted molar refractivity (Wildman–Crippen MR) is 338 cm³/mol. The number of unbranched alkanes of at least 4 members (excludes halogenated alkanes) is 50. The van der Waals surface area contributed by atoms with E-state index in [0.717, 1.165) is 44.9 Å². The van der Waals surface area contributed by atoms with E-state index >= 15 is 0 Å². The van der Waals surface area contributed by atoms with Gasteiger partial charge in [0, 0.05) is 12.8 Å². The SMILES string of the molecule is CCCCCCCCC/C=C\CCCCCCCCCC(=O)OCCCCCCCCCCCCCC/C=C\CCCCCCCCCCCC(=O)NC(CO)C(O)/C=C/CCCCCCCCCCCCCCCCC. The molecule has 6 heteroatoms. The van der Waals surface area contributed by atoms with E-state index in [1.807, 2.05) is 6.08 Å². The van der Waals surface area contributed by atoms with E-state index in [4.69, 9.17) is 4.74 Å². The summed E-state index contributed by atoms with van der Waals surface area (Å²) in [6.45, 7) is 4.93. The van der Waals surface area contributed by atoms with Crippen molar-refractivity contribution < 1.29 is 24.5 Å². The van der Waals surface area contributed by atoms with Gasteiger partial charge in [-0.2, -0.15) is 0 Å². The van der Waals surface area contributed by atoms with E-state index in [-0.39, 0.29) is 18.5 Å². The van der Waals surface area contributed by atoms with Gasteiger partial charge in [-0.1, -0.05) is 320 Å². The Morgan fingerprint density at radius 2 is 0.610 bits per heavy atom. The Balaban J connectivity index is 3.41. The first-order valence-electron chi connectivity index (χ1n) is 34.8. The zero-order chi connectivity index (χ0) is 55.7. The third-order valence-electron chi connectivity index (χ3n) is 16.1. The van der Waals surface area contributed by atoms with Crippen LogP contribution in [0, 0.1) is 0 Å². The highest BCUT2D eigenvalue weighted by Gasteiger charge is 2.18. The second kappa shape index (κ2) is 66.6. The second-order valence-corrected chi connectivity index (χ2v) is 23.9. The molecular formula is C71H135NO5. The van der Waals surface area contributed by atoms with Crippen LogP contribution in [-0.4, -0.2) is 47.4 Å². The summed E-state index contributed by atoms with van der Waals surface area (Å²) >= 11 is 0. The second-order valence-electron chi connectivity index (χ2n) is 23.9. The summed E-state index contributed by atoms with van der Waals surface area (Å²) in [7, 11) is 0. The van der Waals surface area contributed by atoms with Crippen molar-refractivity contribution in [2.75, 3.05) is 13.2 Å². The van der Waals surface area contributed by atoms with Crippen molar-refractivity contribution in [2.45, 2.75) is 392 Å². The number of aliphatic hydroxyl groups is 2. The number of ether oxygens (including phenoxy) is 1. The van der Waals surface area contributed by atoms with Crippen LogP contribution in [0.15, 0.2) is 36.5 Å². The zero-order valence-electron chi connectivity index (χ0n) is 52.0. The number of carbonyl (C=O) groups excluding carboxylic acids is 2. The van der Waals surface area contributed by atoms with Crippen LogP contribution in [0.4, 0.5) is 0 Å². The van der Waals surface area contributed by atoms with Crippen LogP contribution in [0.25, 0.3) is 0 Å². The molecule has 0 fully saturated rings. The lowest BCUT2D eigenvalue weighted by Gasteiger charge is -2.20. The van der Waals surface area contributed by atoms with Crippen LogP contribution in [0.3, 0.4) is 0 Å². The minimum Gasteiger partial charge on any atom is -0.466 e. The Hall–Kier alpha value is -1.92. The highest BCUT2D eigenvalue weighted by atomic mass is 16.5. The minimum atomic E-state index is -0.847. The van der Waals surface area contributed by atoms with Gasteiger partial charge < -0.3 is 20.3 Å². The molecule has 0 aromatic rings. The van der Waals surface area contributed by atoms with Crippen LogP contribution in [0.5, 0.6) is 0 Å². The first-order valence-corrected chi connectivity index (χ1v) is 34.8. The van der Waals surface area contributed by atoms with Gasteiger partial charge in [-0.3, -0.25) is 9.59 Å². The molecule has 0 bridgehead atoms. The first-order chi connectivity index (χ1) is 38.0. The number of allylic oxidation sites excluding steroid dienone is 5. The maximum Gasteiger partial charge on any atom is 0.305 e. The number of hydrogen-bond donors (Lipinski definition) is 3. The molecule has 0 heterocycles. The van der Waals surface area contributed by atoms with Crippen LogP contribution in [0.2, 0.25) is 0 Å². The smallest absolute Gasteiger partial charge is 0.305 e. The monoisotopic (exact) mass is 1080 g/mol. The number of carbonyl (C=O) groups is 2. The van der Waals surface area contributed by atoms with Crippen LogP contribution >= 0.6 is 0 Å². The third-order valence-corrected chi connectivity index (χ3v) is 16.1. The fraction of sp³-hybridized carbons (Fsp3) is 0.887. The highest BCUT2D eigenvalue weighted by Crippen LogP contribution is 2.18. The number of nitrogens with one attached hydrogen (secondary N) is 1. The van der Waals surface area contributed by atoms with Gasteiger partial charge >= 0.3 is 5.97 Å². The molecule has 0 radical (unpaired) electrons. The standard InChI is InChI=1S/C71H135NO5/c1-3-5-7-9-11-13-15-17-19-21-33-37-41-45-49-53-57-61-65-71(76)77-66-62-58-54-50-46-42-38-34-30-28-26-24-22-23-25-27-29-32-36-40-44-48-52-56-60-64-70(75)72-68(67-73)69(74)63-59-55-51-47-43-39-35-31-20-18-16-14-12-10-8-6-4-2/h19,21,23,25,59,63,68-69,73-74H,3-18,20,22,24,26-58,60-62,64-67H2,1-2H3,(H,72,75)/b21-19-,25-23-,63-59+. The maximum atomic E-state index is 12.5. The molecule has 0 aromatic heterocycles. The first kappa shape index (κ1) is 75.1. The molecule has 3 N–H and O–H groups in total. The van der Waals surface area contributed by atoms with Gasteiger partial charge in [-0.05, 0) is 83.5 Å². The summed E-state index contributed by atoms with van der Waals surface area (Å²) in [6.07, 6.45) is 85.0. The average molecular weight is 1080 g/mol. The molecule has 0 spiro atoms. The molecule has 0 aliphatic carbocycles.